The highest BCUT2D eigenvalue weighted by Gasteiger charge is 2.24. The van der Waals surface area contributed by atoms with Crippen molar-refractivity contribution in [3.8, 4) is 0 Å². The van der Waals surface area contributed by atoms with E-state index in [1.807, 2.05) is 12.1 Å². The van der Waals surface area contributed by atoms with Crippen LogP contribution in [0.5, 0.6) is 0 Å². The van der Waals surface area contributed by atoms with Gasteiger partial charge in [0.15, 0.2) is 0 Å². The number of benzene rings is 1. The number of nitrogens with zero attached hydrogens (tertiary/aromatic N) is 2. The van der Waals surface area contributed by atoms with Crippen LogP contribution in [-0.2, 0) is 6.42 Å². The molecule has 0 saturated heterocycles. The fourth-order valence-corrected chi connectivity index (χ4v) is 2.58. The second-order valence-electron chi connectivity index (χ2n) is 4.84. The molecular weight excluding hydrogens is 222 g/mol. The van der Waals surface area contributed by atoms with Crippen LogP contribution in [0.25, 0.3) is 0 Å². The van der Waals surface area contributed by atoms with Gasteiger partial charge in [-0.1, -0.05) is 18.2 Å². The van der Waals surface area contributed by atoms with Crippen LogP contribution >= 0.6 is 0 Å². The largest absolute Gasteiger partial charge is 0.397 e. The van der Waals surface area contributed by atoms with E-state index in [2.05, 4.69) is 41.1 Å². The van der Waals surface area contributed by atoms with E-state index in [-0.39, 0.29) is 0 Å². The van der Waals surface area contributed by atoms with Crippen LogP contribution in [0, 0.1) is 0 Å². The fourth-order valence-electron chi connectivity index (χ4n) is 2.58. The number of pyridine rings is 1. The standard InChI is InChI=1S/C15H17N3/c1-11-6-7-12-4-2-3-5-14(12)18(11)15-9-8-13(16)10-17-15/h2-5,8-11H,6-7,16H2,1H3. The van der Waals surface area contributed by atoms with Crippen molar-refractivity contribution < 1.29 is 0 Å². The molecule has 18 heavy (non-hydrogen) atoms. The number of fused-ring (bicyclic) bond motifs is 1. The lowest BCUT2D eigenvalue weighted by molar-refractivity contribution is 0.613. The molecular formula is C15H17N3. The zero-order chi connectivity index (χ0) is 12.5. The maximum absolute atomic E-state index is 5.70. The number of nitrogen functional groups attached to an aromatic ring is 1. The van der Waals surface area contributed by atoms with Crippen LogP contribution in [0.3, 0.4) is 0 Å². The summed E-state index contributed by atoms with van der Waals surface area (Å²) in [5, 5.41) is 0. The van der Waals surface area contributed by atoms with Gasteiger partial charge in [-0.25, -0.2) is 4.98 Å². The second kappa shape index (κ2) is 4.33. The number of nitrogens with two attached hydrogens (primary N) is 1. The van der Waals surface area contributed by atoms with Gasteiger partial charge in [-0.15, -0.1) is 0 Å². The van der Waals surface area contributed by atoms with E-state index in [1.165, 1.54) is 11.3 Å². The van der Waals surface area contributed by atoms with Gasteiger partial charge in [-0.2, -0.15) is 0 Å². The molecule has 1 aromatic carbocycles. The summed E-state index contributed by atoms with van der Waals surface area (Å²) in [4.78, 5) is 6.76. The van der Waals surface area contributed by atoms with Crippen LogP contribution in [0.15, 0.2) is 42.6 Å². The van der Waals surface area contributed by atoms with Crippen LogP contribution < -0.4 is 10.6 Å². The summed E-state index contributed by atoms with van der Waals surface area (Å²) in [6.07, 6.45) is 4.02. The molecule has 0 saturated carbocycles. The fraction of sp³-hybridized carbons (Fsp3) is 0.267. The van der Waals surface area contributed by atoms with Gasteiger partial charge in [-0.3, -0.25) is 0 Å². The molecule has 0 radical (unpaired) electrons. The molecule has 0 bridgehead atoms. The molecule has 3 nitrogen and oxygen atoms in total. The molecule has 0 aliphatic carbocycles. The molecule has 3 heteroatoms. The zero-order valence-electron chi connectivity index (χ0n) is 10.5. The monoisotopic (exact) mass is 239 g/mol. The molecule has 0 fully saturated rings. The summed E-state index contributed by atoms with van der Waals surface area (Å²) in [5.74, 6) is 0.976. The number of anilines is 3. The van der Waals surface area contributed by atoms with E-state index in [0.717, 1.165) is 18.7 Å². The number of aromatic nitrogens is 1. The lowest BCUT2D eigenvalue weighted by atomic mass is 9.96. The maximum atomic E-state index is 5.70. The first-order valence-corrected chi connectivity index (χ1v) is 6.34. The first kappa shape index (κ1) is 11.1. The number of rotatable bonds is 1. The van der Waals surface area contributed by atoms with Crippen molar-refractivity contribution in [3.05, 3.63) is 48.2 Å². The lowest BCUT2D eigenvalue weighted by Gasteiger charge is -2.36. The highest BCUT2D eigenvalue weighted by Crippen LogP contribution is 2.35. The minimum atomic E-state index is 0.469. The molecule has 2 N–H and O–H groups in total. The van der Waals surface area contributed by atoms with Gasteiger partial charge in [0.2, 0.25) is 0 Å². The quantitative estimate of drug-likeness (QED) is 0.831. The maximum Gasteiger partial charge on any atom is 0.133 e. The normalized spacial score (nSPS) is 18.5. The molecule has 0 spiro atoms. The van der Waals surface area contributed by atoms with Gasteiger partial charge in [0.1, 0.15) is 5.82 Å². The molecule has 1 aliphatic rings. The van der Waals surface area contributed by atoms with Gasteiger partial charge in [0, 0.05) is 11.7 Å². The van der Waals surface area contributed by atoms with Crippen molar-refractivity contribution in [1.82, 2.24) is 4.98 Å². The van der Waals surface area contributed by atoms with Crippen molar-refractivity contribution in [2.24, 2.45) is 0 Å². The first-order valence-electron chi connectivity index (χ1n) is 6.34. The summed E-state index contributed by atoms with van der Waals surface area (Å²) < 4.78 is 0. The topological polar surface area (TPSA) is 42.1 Å². The number of hydrogen-bond acceptors (Lipinski definition) is 3. The van der Waals surface area contributed by atoms with Gasteiger partial charge in [0.25, 0.3) is 0 Å². The summed E-state index contributed by atoms with van der Waals surface area (Å²) in [6.45, 7) is 2.24. The molecule has 0 amide bonds. The van der Waals surface area contributed by atoms with Gasteiger partial charge >= 0.3 is 0 Å². The number of para-hydroxylation sites is 1. The van der Waals surface area contributed by atoms with Crippen LogP contribution in [0.2, 0.25) is 0 Å². The second-order valence-corrected chi connectivity index (χ2v) is 4.84. The Hall–Kier alpha value is -2.03. The van der Waals surface area contributed by atoms with E-state index >= 15 is 0 Å². The Morgan fingerprint density at radius 3 is 2.83 bits per heavy atom. The average molecular weight is 239 g/mol. The number of aryl methyl sites for hydroxylation is 1. The van der Waals surface area contributed by atoms with Crippen molar-refractivity contribution in [2.75, 3.05) is 10.6 Å². The van der Waals surface area contributed by atoms with E-state index < -0.39 is 0 Å². The third-order valence-corrected chi connectivity index (χ3v) is 3.54. The van der Waals surface area contributed by atoms with Gasteiger partial charge < -0.3 is 10.6 Å². The van der Waals surface area contributed by atoms with Gasteiger partial charge in [-0.05, 0) is 43.5 Å². The minimum Gasteiger partial charge on any atom is -0.397 e. The Morgan fingerprint density at radius 1 is 1.22 bits per heavy atom. The third kappa shape index (κ3) is 1.82. The highest BCUT2D eigenvalue weighted by molar-refractivity contribution is 5.66. The summed E-state index contributed by atoms with van der Waals surface area (Å²) in [5.41, 5.74) is 9.08. The number of hydrogen-bond donors (Lipinski definition) is 1. The smallest absolute Gasteiger partial charge is 0.133 e. The Morgan fingerprint density at radius 2 is 2.06 bits per heavy atom. The highest BCUT2D eigenvalue weighted by atomic mass is 15.2. The van der Waals surface area contributed by atoms with E-state index in [4.69, 9.17) is 5.73 Å². The molecule has 1 aromatic heterocycles. The summed E-state index contributed by atoms with van der Waals surface area (Å²) in [7, 11) is 0. The Labute approximate surface area is 107 Å². The van der Waals surface area contributed by atoms with Crippen LogP contribution in [0.1, 0.15) is 18.9 Å². The molecule has 92 valence electrons. The van der Waals surface area contributed by atoms with Crippen LogP contribution in [-0.4, -0.2) is 11.0 Å². The van der Waals surface area contributed by atoms with Crippen molar-refractivity contribution in [1.29, 1.82) is 0 Å². The lowest BCUT2D eigenvalue weighted by Crippen LogP contribution is -2.33. The van der Waals surface area contributed by atoms with E-state index in [9.17, 15) is 0 Å². The van der Waals surface area contributed by atoms with E-state index in [1.54, 1.807) is 6.20 Å². The predicted molar refractivity (Wildman–Crippen MR) is 75.0 cm³/mol. The predicted octanol–water partition coefficient (Wildman–Crippen LogP) is 3.14. The average Bonchev–Trinajstić information content (AvgIpc) is 2.40. The van der Waals surface area contributed by atoms with Crippen molar-refractivity contribution in [3.63, 3.8) is 0 Å². The molecule has 2 aromatic rings. The van der Waals surface area contributed by atoms with Crippen LogP contribution in [0.4, 0.5) is 17.2 Å². The third-order valence-electron chi connectivity index (χ3n) is 3.54. The molecule has 2 heterocycles. The molecule has 3 rings (SSSR count). The molecule has 1 unspecified atom stereocenters. The summed E-state index contributed by atoms with van der Waals surface area (Å²) in [6, 6.07) is 12.9. The Balaban J connectivity index is 2.07. The minimum absolute atomic E-state index is 0.469. The molecule has 1 aliphatic heterocycles. The Kier molecular flexibility index (Phi) is 2.67. The van der Waals surface area contributed by atoms with Crippen molar-refractivity contribution >= 4 is 17.2 Å². The van der Waals surface area contributed by atoms with Crippen molar-refractivity contribution in [2.45, 2.75) is 25.8 Å². The van der Waals surface area contributed by atoms with Gasteiger partial charge in [0.05, 0.1) is 11.9 Å². The summed E-state index contributed by atoms with van der Waals surface area (Å²) >= 11 is 0. The first-order chi connectivity index (χ1) is 8.75. The van der Waals surface area contributed by atoms with E-state index in [0.29, 0.717) is 11.7 Å². The SMILES string of the molecule is CC1CCc2ccccc2N1c1ccc(N)cn1. The zero-order valence-corrected chi connectivity index (χ0v) is 10.5. The Bertz CT molecular complexity index is 548. The molecule has 1 atom stereocenters.